The molecule has 6 atom stereocenters. The van der Waals surface area contributed by atoms with E-state index in [9.17, 15) is 19.5 Å². The highest BCUT2D eigenvalue weighted by Crippen LogP contribution is 2.60. The number of likely N-dealkylation sites (tertiary alicyclic amines) is 1. The molecule has 8 nitrogen and oxygen atoms in total. The second kappa shape index (κ2) is 9.35. The van der Waals surface area contributed by atoms with Crippen LogP contribution in [0.3, 0.4) is 0 Å². The van der Waals surface area contributed by atoms with Crippen molar-refractivity contribution in [1.29, 1.82) is 0 Å². The molecule has 1 unspecified atom stereocenters. The van der Waals surface area contributed by atoms with Crippen LogP contribution in [0.25, 0.3) is 0 Å². The fourth-order valence-corrected chi connectivity index (χ4v) is 6.59. The van der Waals surface area contributed by atoms with Gasteiger partial charge in [-0.25, -0.2) is 0 Å². The fourth-order valence-electron chi connectivity index (χ4n) is 5.64. The van der Waals surface area contributed by atoms with Crippen LogP contribution in [-0.4, -0.2) is 70.1 Å². The largest absolute Gasteiger partial charge is 0.466 e. The number of benzene rings is 1. The zero-order valence-electron chi connectivity index (χ0n) is 19.2. The molecule has 1 aromatic carbocycles. The summed E-state index contributed by atoms with van der Waals surface area (Å²) in [5.74, 6) is -2.56. The SMILES string of the molecule is CCOC(=O)[C@@H]1[C@H]2O[C@@]3(CC2Br)[C@H](C(=O)Nc2cc(C)ccc2C)N(CCCCO)C(=O)[C@@H]13. The summed E-state index contributed by atoms with van der Waals surface area (Å²) < 4.78 is 11.7. The molecule has 3 heterocycles. The maximum absolute atomic E-state index is 13.7. The number of aryl methyl sites for hydroxylation is 2. The van der Waals surface area contributed by atoms with E-state index in [1.54, 1.807) is 11.8 Å². The quantitative estimate of drug-likeness (QED) is 0.308. The minimum Gasteiger partial charge on any atom is -0.466 e. The van der Waals surface area contributed by atoms with E-state index in [4.69, 9.17) is 9.47 Å². The number of amides is 2. The third kappa shape index (κ3) is 3.98. The molecule has 3 aliphatic heterocycles. The summed E-state index contributed by atoms with van der Waals surface area (Å²) in [4.78, 5) is 41.6. The number of ether oxygens (including phenoxy) is 2. The van der Waals surface area contributed by atoms with E-state index in [0.29, 0.717) is 31.5 Å². The predicted octanol–water partition coefficient (Wildman–Crippen LogP) is 2.33. The maximum atomic E-state index is 13.7. The fraction of sp³-hybridized carbons (Fsp3) is 0.625. The number of carbonyl (C=O) groups is 3. The average Bonchev–Trinajstić information content (AvgIpc) is 3.35. The molecule has 0 aromatic heterocycles. The first kappa shape index (κ1) is 24.2. The van der Waals surface area contributed by atoms with Crippen molar-refractivity contribution in [2.24, 2.45) is 11.8 Å². The van der Waals surface area contributed by atoms with E-state index in [2.05, 4.69) is 21.2 Å². The molecule has 2 amide bonds. The molecule has 0 radical (unpaired) electrons. The number of nitrogens with one attached hydrogen (secondary N) is 1. The summed E-state index contributed by atoms with van der Waals surface area (Å²) in [7, 11) is 0. The van der Waals surface area contributed by atoms with Crippen LogP contribution in [0.4, 0.5) is 5.69 Å². The smallest absolute Gasteiger partial charge is 0.312 e. The maximum Gasteiger partial charge on any atom is 0.312 e. The van der Waals surface area contributed by atoms with Gasteiger partial charge in [0.2, 0.25) is 11.8 Å². The first-order valence-electron chi connectivity index (χ1n) is 11.5. The Kier molecular flexibility index (Phi) is 6.85. The number of aliphatic hydroxyl groups is 1. The number of hydrogen-bond donors (Lipinski definition) is 2. The number of nitrogens with zero attached hydrogens (tertiary/aromatic N) is 1. The van der Waals surface area contributed by atoms with Crippen molar-refractivity contribution in [3.05, 3.63) is 29.3 Å². The lowest BCUT2D eigenvalue weighted by molar-refractivity contribution is -0.154. The minimum atomic E-state index is -1.10. The molecule has 33 heavy (non-hydrogen) atoms. The van der Waals surface area contributed by atoms with Crippen LogP contribution in [0, 0.1) is 25.7 Å². The highest BCUT2D eigenvalue weighted by Gasteiger charge is 2.76. The predicted molar refractivity (Wildman–Crippen MR) is 125 cm³/mol. The Bertz CT molecular complexity index is 955. The molecule has 0 aliphatic carbocycles. The summed E-state index contributed by atoms with van der Waals surface area (Å²) in [6.45, 7) is 6.11. The van der Waals surface area contributed by atoms with E-state index in [1.165, 1.54) is 0 Å². The monoisotopic (exact) mass is 522 g/mol. The Labute approximate surface area is 202 Å². The Hall–Kier alpha value is -1.97. The van der Waals surface area contributed by atoms with Crippen molar-refractivity contribution < 1.29 is 29.0 Å². The lowest BCUT2D eigenvalue weighted by Gasteiger charge is -2.34. The van der Waals surface area contributed by atoms with Gasteiger partial charge >= 0.3 is 5.97 Å². The number of aliphatic hydroxyl groups excluding tert-OH is 1. The number of anilines is 1. The van der Waals surface area contributed by atoms with Crippen molar-refractivity contribution in [2.45, 2.75) is 62.6 Å². The van der Waals surface area contributed by atoms with Gasteiger partial charge in [0.15, 0.2) is 0 Å². The molecule has 1 spiro atoms. The lowest BCUT2D eigenvalue weighted by atomic mass is 9.70. The number of carbonyl (C=O) groups excluding carboxylic acids is 3. The number of hydrogen-bond acceptors (Lipinski definition) is 6. The molecular formula is C24H31BrN2O6. The Morgan fingerprint density at radius 2 is 2.09 bits per heavy atom. The molecule has 2 N–H and O–H groups in total. The van der Waals surface area contributed by atoms with Crippen LogP contribution in [-0.2, 0) is 23.9 Å². The Morgan fingerprint density at radius 1 is 1.33 bits per heavy atom. The van der Waals surface area contributed by atoms with Crippen molar-refractivity contribution in [1.82, 2.24) is 4.90 Å². The van der Waals surface area contributed by atoms with Crippen LogP contribution in [0.5, 0.6) is 0 Å². The molecule has 180 valence electrons. The summed E-state index contributed by atoms with van der Waals surface area (Å²) in [5.41, 5.74) is 1.51. The van der Waals surface area contributed by atoms with Gasteiger partial charge in [-0.3, -0.25) is 14.4 Å². The van der Waals surface area contributed by atoms with Gasteiger partial charge in [0.25, 0.3) is 0 Å². The van der Waals surface area contributed by atoms with Crippen molar-refractivity contribution >= 4 is 39.4 Å². The average molecular weight is 523 g/mol. The van der Waals surface area contributed by atoms with E-state index >= 15 is 0 Å². The van der Waals surface area contributed by atoms with Crippen molar-refractivity contribution in [3.8, 4) is 0 Å². The molecule has 4 rings (SSSR count). The summed E-state index contributed by atoms with van der Waals surface area (Å²) in [5, 5.41) is 12.2. The third-order valence-electron chi connectivity index (χ3n) is 7.05. The van der Waals surface area contributed by atoms with Gasteiger partial charge in [-0.15, -0.1) is 0 Å². The standard InChI is InChI=1S/C24H31BrN2O6/c1-4-32-23(31)17-18-22(30)27(9-5-6-10-28)20(24(18)12-15(25)19(17)33-24)21(29)26-16-11-13(2)7-8-14(16)3/h7-8,11,15,17-20,28H,4-6,9-10,12H2,1-3H3,(H,26,29)/t15?,17-,18+,19-,20-,24+/m0/s1. The van der Waals surface area contributed by atoms with Gasteiger partial charge in [-0.05, 0) is 57.2 Å². The number of alkyl halides is 1. The van der Waals surface area contributed by atoms with Gasteiger partial charge in [-0.1, -0.05) is 28.1 Å². The topological polar surface area (TPSA) is 105 Å². The van der Waals surface area contributed by atoms with E-state index in [1.807, 2.05) is 32.0 Å². The van der Waals surface area contributed by atoms with E-state index in [-0.39, 0.29) is 29.9 Å². The molecule has 2 bridgehead atoms. The number of unbranched alkanes of at least 4 members (excludes halogenated alkanes) is 1. The van der Waals surface area contributed by atoms with Gasteiger partial charge in [0, 0.05) is 23.7 Å². The lowest BCUT2D eigenvalue weighted by Crippen LogP contribution is -2.54. The van der Waals surface area contributed by atoms with Gasteiger partial charge < -0.3 is 24.8 Å². The second-order valence-corrected chi connectivity index (χ2v) is 10.4. The Balaban J connectivity index is 1.71. The number of rotatable bonds is 8. The van der Waals surface area contributed by atoms with E-state index in [0.717, 1.165) is 11.1 Å². The molecule has 0 saturated carbocycles. The normalized spacial score (nSPS) is 32.2. The molecular weight excluding hydrogens is 492 g/mol. The molecule has 9 heteroatoms. The van der Waals surface area contributed by atoms with Crippen molar-refractivity contribution in [2.75, 3.05) is 25.1 Å². The third-order valence-corrected chi connectivity index (χ3v) is 7.90. The minimum absolute atomic E-state index is 0.00342. The van der Waals surface area contributed by atoms with Gasteiger partial charge in [0.05, 0.1) is 24.5 Å². The van der Waals surface area contributed by atoms with Crippen LogP contribution in [0.15, 0.2) is 18.2 Å². The number of fused-ring (bicyclic) bond motifs is 1. The zero-order chi connectivity index (χ0) is 23.9. The summed E-state index contributed by atoms with van der Waals surface area (Å²) in [6.07, 6.45) is 0.988. The molecule has 3 fully saturated rings. The van der Waals surface area contributed by atoms with Crippen molar-refractivity contribution in [3.63, 3.8) is 0 Å². The summed E-state index contributed by atoms with van der Waals surface area (Å²) in [6, 6.07) is 4.93. The van der Waals surface area contributed by atoms with Crippen LogP contribution in [0.1, 0.15) is 37.3 Å². The molecule has 3 aliphatic rings. The van der Waals surface area contributed by atoms with E-state index < -0.39 is 35.6 Å². The van der Waals surface area contributed by atoms with Gasteiger partial charge in [0.1, 0.15) is 11.6 Å². The zero-order valence-corrected chi connectivity index (χ0v) is 20.8. The molecule has 3 saturated heterocycles. The number of esters is 1. The highest BCUT2D eigenvalue weighted by atomic mass is 79.9. The van der Waals surface area contributed by atoms with Crippen LogP contribution >= 0.6 is 15.9 Å². The first-order chi connectivity index (χ1) is 15.7. The van der Waals surface area contributed by atoms with Crippen LogP contribution in [0.2, 0.25) is 0 Å². The molecule has 1 aromatic rings. The van der Waals surface area contributed by atoms with Crippen LogP contribution < -0.4 is 5.32 Å². The second-order valence-electron chi connectivity index (χ2n) is 9.19. The van der Waals surface area contributed by atoms with Gasteiger partial charge in [-0.2, -0.15) is 0 Å². The first-order valence-corrected chi connectivity index (χ1v) is 12.4. The highest BCUT2D eigenvalue weighted by molar-refractivity contribution is 9.09. The Morgan fingerprint density at radius 3 is 2.79 bits per heavy atom. The number of halogens is 1. The summed E-state index contributed by atoms with van der Waals surface area (Å²) >= 11 is 3.63.